The van der Waals surface area contributed by atoms with E-state index in [2.05, 4.69) is 27.2 Å². The normalized spacial score (nSPS) is 18.3. The van der Waals surface area contributed by atoms with E-state index in [9.17, 15) is 13.6 Å². The van der Waals surface area contributed by atoms with Crippen molar-refractivity contribution < 1.29 is 18.0 Å². The molecule has 3 heterocycles. The van der Waals surface area contributed by atoms with Crippen LogP contribution < -0.4 is 5.32 Å². The first-order valence-electron chi connectivity index (χ1n) is 11.2. The highest BCUT2D eigenvalue weighted by molar-refractivity contribution is 6.00. The molecule has 34 heavy (non-hydrogen) atoms. The number of halogens is 2. The molecule has 1 fully saturated rings. The monoisotopic (exact) mass is 463 g/mol. The molecule has 2 aromatic carbocycles. The van der Waals surface area contributed by atoms with Crippen LogP contribution in [0.1, 0.15) is 30.1 Å². The molecule has 4 aromatic rings. The summed E-state index contributed by atoms with van der Waals surface area (Å²) >= 11 is 0. The number of hydrogen-bond acceptors (Lipinski definition) is 6. The molecule has 1 amide bonds. The number of anilines is 1. The van der Waals surface area contributed by atoms with E-state index in [0.29, 0.717) is 24.2 Å². The SMILES string of the molecule is CC1CCCN(C(=O)c2cccc(F)c2-c2ncccn2)C1CNc1nc2ccc(F)cc2o1. The predicted molar refractivity (Wildman–Crippen MR) is 123 cm³/mol. The lowest BCUT2D eigenvalue weighted by atomic mass is 9.89. The first-order valence-corrected chi connectivity index (χ1v) is 11.2. The Kier molecular flexibility index (Phi) is 5.91. The molecule has 0 radical (unpaired) electrons. The van der Waals surface area contributed by atoms with Gasteiger partial charge >= 0.3 is 0 Å². The lowest BCUT2D eigenvalue weighted by molar-refractivity contribution is 0.0539. The molecule has 0 spiro atoms. The van der Waals surface area contributed by atoms with E-state index in [-0.39, 0.29) is 40.8 Å². The molecule has 1 N–H and O–H groups in total. The first-order chi connectivity index (χ1) is 16.5. The van der Waals surface area contributed by atoms with Crippen LogP contribution >= 0.6 is 0 Å². The minimum Gasteiger partial charge on any atom is -0.423 e. The van der Waals surface area contributed by atoms with E-state index in [4.69, 9.17) is 4.42 Å². The first kappa shape index (κ1) is 21.9. The van der Waals surface area contributed by atoms with Crippen molar-refractivity contribution >= 4 is 23.0 Å². The number of oxazole rings is 1. The average molecular weight is 463 g/mol. The summed E-state index contributed by atoms with van der Waals surface area (Å²) in [5.74, 6) is -0.865. The maximum atomic E-state index is 14.8. The van der Waals surface area contributed by atoms with Crippen molar-refractivity contribution in [3.63, 3.8) is 0 Å². The fourth-order valence-corrected chi connectivity index (χ4v) is 4.49. The van der Waals surface area contributed by atoms with Crippen LogP contribution in [0, 0.1) is 17.6 Å². The van der Waals surface area contributed by atoms with Crippen molar-refractivity contribution in [2.24, 2.45) is 5.92 Å². The van der Waals surface area contributed by atoms with Crippen molar-refractivity contribution in [3.8, 4) is 11.4 Å². The summed E-state index contributed by atoms with van der Waals surface area (Å²) in [7, 11) is 0. The molecule has 2 atom stereocenters. The van der Waals surface area contributed by atoms with Gasteiger partial charge in [0.25, 0.3) is 11.9 Å². The molecular formula is C25H23F2N5O2. The van der Waals surface area contributed by atoms with Crippen LogP contribution in [0.4, 0.5) is 14.8 Å². The van der Waals surface area contributed by atoms with Gasteiger partial charge in [0.1, 0.15) is 17.2 Å². The third-order valence-corrected chi connectivity index (χ3v) is 6.22. The number of aromatic nitrogens is 3. The largest absolute Gasteiger partial charge is 0.423 e. The number of fused-ring (bicyclic) bond motifs is 1. The molecule has 7 nitrogen and oxygen atoms in total. The molecular weight excluding hydrogens is 440 g/mol. The van der Waals surface area contributed by atoms with Gasteiger partial charge in [-0.1, -0.05) is 13.0 Å². The van der Waals surface area contributed by atoms with E-state index >= 15 is 0 Å². The Morgan fingerprint density at radius 1 is 1.18 bits per heavy atom. The van der Waals surface area contributed by atoms with Gasteiger partial charge in [0.05, 0.1) is 17.2 Å². The number of carbonyl (C=O) groups excluding carboxylic acids is 1. The Hall–Kier alpha value is -3.88. The Morgan fingerprint density at radius 2 is 2.00 bits per heavy atom. The Balaban J connectivity index is 1.42. The zero-order chi connectivity index (χ0) is 23.7. The summed E-state index contributed by atoms with van der Waals surface area (Å²) in [4.78, 5) is 28.1. The summed E-state index contributed by atoms with van der Waals surface area (Å²) in [6.07, 6.45) is 4.83. The summed E-state index contributed by atoms with van der Waals surface area (Å²) in [6, 6.07) is 10.3. The van der Waals surface area contributed by atoms with Gasteiger partial charge in [-0.15, -0.1) is 0 Å². The average Bonchev–Trinajstić information content (AvgIpc) is 3.25. The number of nitrogens with one attached hydrogen (secondary N) is 1. The number of benzene rings is 2. The van der Waals surface area contributed by atoms with Gasteiger partial charge in [0.2, 0.25) is 0 Å². The Morgan fingerprint density at radius 3 is 2.82 bits per heavy atom. The third-order valence-electron chi connectivity index (χ3n) is 6.22. The van der Waals surface area contributed by atoms with Gasteiger partial charge in [0.15, 0.2) is 11.4 Å². The number of amides is 1. The van der Waals surface area contributed by atoms with Gasteiger partial charge < -0.3 is 14.6 Å². The Labute approximate surface area is 194 Å². The fraction of sp³-hybridized carbons (Fsp3) is 0.280. The molecule has 1 aliphatic rings. The van der Waals surface area contributed by atoms with Crippen LogP contribution in [0.15, 0.2) is 59.3 Å². The highest BCUT2D eigenvalue weighted by Gasteiger charge is 2.34. The minimum atomic E-state index is -0.546. The van der Waals surface area contributed by atoms with Crippen LogP contribution in [0.5, 0.6) is 0 Å². The van der Waals surface area contributed by atoms with E-state index in [1.807, 2.05) is 0 Å². The molecule has 0 saturated carbocycles. The number of piperidine rings is 1. The van der Waals surface area contributed by atoms with Gasteiger partial charge in [-0.05, 0) is 49.1 Å². The van der Waals surface area contributed by atoms with E-state index in [1.165, 1.54) is 36.7 Å². The summed E-state index contributed by atoms with van der Waals surface area (Å²) < 4.78 is 33.9. The van der Waals surface area contributed by atoms with Gasteiger partial charge in [-0.2, -0.15) is 4.98 Å². The highest BCUT2D eigenvalue weighted by atomic mass is 19.1. The van der Waals surface area contributed by atoms with Crippen LogP contribution in [0.3, 0.4) is 0 Å². The highest BCUT2D eigenvalue weighted by Crippen LogP contribution is 2.30. The molecule has 1 saturated heterocycles. The number of likely N-dealkylation sites (tertiary alicyclic amines) is 1. The zero-order valence-electron chi connectivity index (χ0n) is 18.5. The van der Waals surface area contributed by atoms with Crippen LogP contribution in [-0.4, -0.2) is 44.9 Å². The molecule has 5 rings (SSSR count). The number of carbonyl (C=O) groups is 1. The molecule has 174 valence electrons. The molecule has 9 heteroatoms. The lowest BCUT2D eigenvalue weighted by Crippen LogP contribution is -2.51. The molecule has 2 unspecified atom stereocenters. The van der Waals surface area contributed by atoms with Crippen molar-refractivity contribution in [2.75, 3.05) is 18.4 Å². The lowest BCUT2D eigenvalue weighted by Gasteiger charge is -2.40. The standard InChI is InChI=1S/C25H23F2N5O2/c1-15-5-3-12-32(20(15)14-30-25-31-19-9-8-16(26)13-21(19)34-25)24(33)17-6-2-7-18(27)22(17)23-28-10-4-11-29-23/h2,4,6-11,13,15,20H,3,5,12,14H2,1H3,(H,30,31). The Bertz CT molecular complexity index is 1330. The van der Waals surface area contributed by atoms with Crippen molar-refractivity contribution in [1.82, 2.24) is 19.9 Å². The second-order valence-corrected chi connectivity index (χ2v) is 8.43. The quantitative estimate of drug-likeness (QED) is 0.453. The molecule has 0 bridgehead atoms. The van der Waals surface area contributed by atoms with E-state index in [1.54, 1.807) is 23.1 Å². The molecule has 2 aromatic heterocycles. The fourth-order valence-electron chi connectivity index (χ4n) is 4.49. The number of nitrogens with zero attached hydrogens (tertiary/aromatic N) is 4. The number of rotatable bonds is 5. The van der Waals surface area contributed by atoms with Gasteiger partial charge in [-0.3, -0.25) is 4.79 Å². The van der Waals surface area contributed by atoms with E-state index in [0.717, 1.165) is 12.8 Å². The van der Waals surface area contributed by atoms with Crippen molar-refractivity contribution in [3.05, 3.63) is 72.1 Å². The topological polar surface area (TPSA) is 84.2 Å². The molecule has 0 aliphatic carbocycles. The van der Waals surface area contributed by atoms with Crippen LogP contribution in [0.2, 0.25) is 0 Å². The van der Waals surface area contributed by atoms with Gasteiger partial charge in [-0.25, -0.2) is 18.7 Å². The summed E-state index contributed by atoms with van der Waals surface area (Å²) in [5.41, 5.74) is 1.21. The van der Waals surface area contributed by atoms with Crippen LogP contribution in [-0.2, 0) is 0 Å². The second kappa shape index (κ2) is 9.17. The maximum Gasteiger partial charge on any atom is 0.295 e. The second-order valence-electron chi connectivity index (χ2n) is 8.43. The summed E-state index contributed by atoms with van der Waals surface area (Å²) in [5, 5.41) is 3.15. The smallest absolute Gasteiger partial charge is 0.295 e. The van der Waals surface area contributed by atoms with Crippen LogP contribution in [0.25, 0.3) is 22.5 Å². The summed E-state index contributed by atoms with van der Waals surface area (Å²) in [6.45, 7) is 3.01. The minimum absolute atomic E-state index is 0.0963. The van der Waals surface area contributed by atoms with E-state index < -0.39 is 11.6 Å². The van der Waals surface area contributed by atoms with Crippen molar-refractivity contribution in [2.45, 2.75) is 25.8 Å². The van der Waals surface area contributed by atoms with Gasteiger partial charge in [0, 0.05) is 31.5 Å². The third kappa shape index (κ3) is 4.21. The maximum absolute atomic E-state index is 14.8. The zero-order valence-corrected chi connectivity index (χ0v) is 18.5. The molecule has 1 aliphatic heterocycles. The van der Waals surface area contributed by atoms with Crippen molar-refractivity contribution in [1.29, 1.82) is 0 Å². The predicted octanol–water partition coefficient (Wildman–Crippen LogP) is 4.92. The number of hydrogen-bond donors (Lipinski definition) is 1.